The van der Waals surface area contributed by atoms with Crippen molar-refractivity contribution in [1.82, 2.24) is 10.4 Å². The van der Waals surface area contributed by atoms with Crippen LogP contribution in [0.15, 0.2) is 71.8 Å². The van der Waals surface area contributed by atoms with Gasteiger partial charge in [0.05, 0.1) is 16.4 Å². The number of thiazole rings is 1. The van der Waals surface area contributed by atoms with Gasteiger partial charge in [-0.2, -0.15) is 5.10 Å². The number of ether oxygens (including phenoxy) is 1. The molecule has 0 bridgehead atoms. The number of hydrogen-bond acceptors (Lipinski definition) is 5. The zero-order chi connectivity index (χ0) is 25.0. The third kappa shape index (κ3) is 6.36. The zero-order valence-corrected chi connectivity index (χ0v) is 19.6. The van der Waals surface area contributed by atoms with Crippen LogP contribution >= 0.6 is 11.3 Å². The van der Waals surface area contributed by atoms with Crippen molar-refractivity contribution in [3.8, 4) is 16.3 Å². The van der Waals surface area contributed by atoms with E-state index in [9.17, 15) is 18.0 Å². The van der Waals surface area contributed by atoms with Crippen LogP contribution in [0.2, 0.25) is 0 Å². The number of fused-ring (bicyclic) bond motifs is 1. The van der Waals surface area contributed by atoms with Gasteiger partial charge >= 0.3 is 12.4 Å². The number of anilines is 1. The minimum Gasteiger partial charge on any atom is -0.406 e. The molecular formula is C25H21F3N4O2S. The number of nitrogens with one attached hydrogen (secondary N) is 2. The second-order valence-corrected chi connectivity index (χ2v) is 8.92. The second kappa shape index (κ2) is 10.1. The van der Waals surface area contributed by atoms with Crippen LogP contribution < -0.4 is 15.5 Å². The fourth-order valence-corrected chi connectivity index (χ4v) is 4.33. The average molecular weight is 499 g/mol. The Morgan fingerprint density at radius 1 is 1.09 bits per heavy atom. The molecule has 0 atom stereocenters. The van der Waals surface area contributed by atoms with Gasteiger partial charge in [-0.1, -0.05) is 38.1 Å². The van der Waals surface area contributed by atoms with Crippen molar-refractivity contribution < 1.29 is 22.7 Å². The molecule has 0 fully saturated rings. The molecule has 0 spiro atoms. The van der Waals surface area contributed by atoms with Gasteiger partial charge < -0.3 is 10.1 Å². The van der Waals surface area contributed by atoms with Crippen LogP contribution in [0.3, 0.4) is 0 Å². The maximum atomic E-state index is 12.3. The van der Waals surface area contributed by atoms with Crippen LogP contribution in [0.4, 0.5) is 23.7 Å². The zero-order valence-electron chi connectivity index (χ0n) is 18.8. The SMILES string of the molecule is CC(C)c1ccccc1NC(=O)N/N=C/c1ccc2sc(-c3ccc(OC(F)(F)F)cc3)nc2c1. The van der Waals surface area contributed by atoms with Gasteiger partial charge in [0.1, 0.15) is 10.8 Å². The summed E-state index contributed by atoms with van der Waals surface area (Å²) in [5.74, 6) is -0.0269. The Bertz CT molecular complexity index is 1370. The quantitative estimate of drug-likeness (QED) is 0.219. The number of carbonyl (C=O) groups excluding carboxylic acids is 1. The first-order chi connectivity index (χ1) is 16.7. The van der Waals surface area contributed by atoms with Crippen molar-refractivity contribution in [1.29, 1.82) is 0 Å². The normalized spacial score (nSPS) is 11.8. The molecule has 180 valence electrons. The van der Waals surface area contributed by atoms with E-state index in [2.05, 4.69) is 25.6 Å². The number of carbonyl (C=O) groups is 1. The Balaban J connectivity index is 1.42. The lowest BCUT2D eigenvalue weighted by atomic mass is 10.0. The lowest BCUT2D eigenvalue weighted by molar-refractivity contribution is -0.274. The van der Waals surface area contributed by atoms with Crippen LogP contribution in [0.25, 0.3) is 20.8 Å². The smallest absolute Gasteiger partial charge is 0.406 e. The van der Waals surface area contributed by atoms with Gasteiger partial charge in [-0.3, -0.25) is 0 Å². The molecule has 10 heteroatoms. The van der Waals surface area contributed by atoms with E-state index in [4.69, 9.17) is 0 Å². The largest absolute Gasteiger partial charge is 0.573 e. The third-order valence-electron chi connectivity index (χ3n) is 4.96. The minimum atomic E-state index is -4.73. The minimum absolute atomic E-state index is 0.260. The highest BCUT2D eigenvalue weighted by Gasteiger charge is 2.31. The molecule has 3 aromatic carbocycles. The maximum Gasteiger partial charge on any atom is 0.573 e. The summed E-state index contributed by atoms with van der Waals surface area (Å²) < 4.78 is 41.9. The number of nitrogens with zero attached hydrogens (tertiary/aromatic N) is 2. The van der Waals surface area contributed by atoms with Crippen LogP contribution in [0.1, 0.15) is 30.9 Å². The van der Waals surface area contributed by atoms with Crippen LogP contribution in [0.5, 0.6) is 5.75 Å². The summed E-state index contributed by atoms with van der Waals surface area (Å²) in [7, 11) is 0. The fourth-order valence-electron chi connectivity index (χ4n) is 3.38. The average Bonchev–Trinajstić information content (AvgIpc) is 3.22. The molecule has 1 aromatic heterocycles. The molecule has 2 N–H and O–H groups in total. The maximum absolute atomic E-state index is 12.3. The molecular weight excluding hydrogens is 477 g/mol. The number of rotatable bonds is 6. The van der Waals surface area contributed by atoms with E-state index in [1.807, 2.05) is 56.3 Å². The van der Waals surface area contributed by atoms with Crippen molar-refractivity contribution in [2.45, 2.75) is 26.1 Å². The highest BCUT2D eigenvalue weighted by molar-refractivity contribution is 7.21. The number of hydrazone groups is 1. The molecule has 0 saturated heterocycles. The Morgan fingerprint density at radius 2 is 1.83 bits per heavy atom. The summed E-state index contributed by atoms with van der Waals surface area (Å²) in [5, 5.41) is 7.47. The molecule has 4 rings (SSSR count). The summed E-state index contributed by atoms with van der Waals surface area (Å²) in [6.07, 6.45) is -3.22. The highest BCUT2D eigenvalue weighted by Crippen LogP contribution is 2.32. The highest BCUT2D eigenvalue weighted by atomic mass is 32.1. The lowest BCUT2D eigenvalue weighted by Gasteiger charge is -2.12. The molecule has 0 aliphatic carbocycles. The monoisotopic (exact) mass is 498 g/mol. The van der Waals surface area contributed by atoms with Crippen molar-refractivity contribution in [3.05, 3.63) is 77.9 Å². The summed E-state index contributed by atoms with van der Waals surface area (Å²) in [6, 6.07) is 18.2. The fraction of sp³-hybridized carbons (Fsp3) is 0.160. The van der Waals surface area contributed by atoms with Gasteiger partial charge in [-0.15, -0.1) is 24.5 Å². The Kier molecular flexibility index (Phi) is 7.02. The molecule has 0 aliphatic heterocycles. The van der Waals surface area contributed by atoms with Gasteiger partial charge in [0, 0.05) is 11.3 Å². The molecule has 1 heterocycles. The molecule has 0 aliphatic rings. The van der Waals surface area contributed by atoms with E-state index in [1.54, 1.807) is 0 Å². The van der Waals surface area contributed by atoms with Gasteiger partial charge in [-0.25, -0.2) is 15.2 Å². The van der Waals surface area contributed by atoms with E-state index < -0.39 is 12.4 Å². The number of alkyl halides is 3. The number of urea groups is 1. The Hall–Kier alpha value is -3.92. The van der Waals surface area contributed by atoms with Crippen molar-refractivity contribution >= 4 is 39.5 Å². The number of amides is 2. The van der Waals surface area contributed by atoms with Gasteiger partial charge in [0.15, 0.2) is 0 Å². The molecule has 0 saturated carbocycles. The summed E-state index contributed by atoms with van der Waals surface area (Å²) in [4.78, 5) is 16.8. The molecule has 0 unspecified atom stereocenters. The van der Waals surface area contributed by atoms with Gasteiger partial charge in [-0.05, 0) is 59.5 Å². The molecule has 35 heavy (non-hydrogen) atoms. The lowest BCUT2D eigenvalue weighted by Crippen LogP contribution is -2.24. The van der Waals surface area contributed by atoms with Gasteiger partial charge in [0.25, 0.3) is 0 Å². The standard InChI is InChI=1S/C25H21F3N4O2S/c1-15(2)19-5-3-4-6-20(19)31-24(33)32-29-14-16-7-12-22-21(13-16)30-23(35-22)17-8-10-18(11-9-17)34-25(26,27)28/h3-15H,1-2H3,(H2,31,32,33)/b29-14+. The Labute approximate surface area is 203 Å². The van der Waals surface area contributed by atoms with Crippen molar-refractivity contribution in [2.75, 3.05) is 5.32 Å². The summed E-state index contributed by atoms with van der Waals surface area (Å²) in [6.45, 7) is 4.10. The van der Waals surface area contributed by atoms with Crippen LogP contribution in [-0.4, -0.2) is 23.6 Å². The van der Waals surface area contributed by atoms with E-state index in [0.29, 0.717) is 16.1 Å². The topological polar surface area (TPSA) is 75.6 Å². The molecule has 4 aromatic rings. The Morgan fingerprint density at radius 3 is 2.54 bits per heavy atom. The van der Waals surface area contributed by atoms with Crippen LogP contribution in [0, 0.1) is 0 Å². The number of aromatic nitrogens is 1. The molecule has 0 radical (unpaired) electrons. The van der Waals surface area contributed by atoms with Gasteiger partial charge in [0.2, 0.25) is 0 Å². The summed E-state index contributed by atoms with van der Waals surface area (Å²) >= 11 is 1.41. The first-order valence-corrected chi connectivity index (χ1v) is 11.5. The number of halogens is 3. The van der Waals surface area contributed by atoms with Crippen LogP contribution in [-0.2, 0) is 0 Å². The first-order valence-electron chi connectivity index (χ1n) is 10.6. The van der Waals surface area contributed by atoms with Crippen molar-refractivity contribution in [2.24, 2.45) is 5.10 Å². The van der Waals surface area contributed by atoms with E-state index in [1.165, 1.54) is 41.8 Å². The predicted molar refractivity (Wildman–Crippen MR) is 132 cm³/mol. The first kappa shape index (κ1) is 24.2. The number of benzene rings is 3. The van der Waals surface area contributed by atoms with E-state index >= 15 is 0 Å². The van der Waals surface area contributed by atoms with E-state index in [-0.39, 0.29) is 11.7 Å². The summed E-state index contributed by atoms with van der Waals surface area (Å²) in [5.41, 5.74) is 6.32. The van der Waals surface area contributed by atoms with E-state index in [0.717, 1.165) is 21.5 Å². The number of para-hydroxylation sites is 1. The molecule has 2 amide bonds. The second-order valence-electron chi connectivity index (χ2n) is 7.88. The van der Waals surface area contributed by atoms with Crippen molar-refractivity contribution in [3.63, 3.8) is 0 Å². The third-order valence-corrected chi connectivity index (χ3v) is 6.04. The molecule has 6 nitrogen and oxygen atoms in total. The predicted octanol–water partition coefficient (Wildman–Crippen LogP) is 7.14. The number of hydrogen-bond donors (Lipinski definition) is 2.